The molecule has 2 aromatic rings. The molecule has 0 saturated carbocycles. The van der Waals surface area contributed by atoms with Crippen molar-refractivity contribution < 1.29 is 23.9 Å². The van der Waals surface area contributed by atoms with Crippen LogP contribution in [0.1, 0.15) is 31.1 Å². The Morgan fingerprint density at radius 2 is 1.62 bits per heavy atom. The molecule has 1 unspecified atom stereocenters. The first-order valence-electron chi connectivity index (χ1n) is 7.52. The highest BCUT2D eigenvalue weighted by atomic mass is 16.6. The summed E-state index contributed by atoms with van der Waals surface area (Å²) >= 11 is 0. The van der Waals surface area contributed by atoms with Crippen molar-refractivity contribution in [1.29, 1.82) is 0 Å². The summed E-state index contributed by atoms with van der Waals surface area (Å²) in [6.07, 6.45) is 0.00608. The Morgan fingerprint density at radius 1 is 1.04 bits per heavy atom. The number of rotatable bonds is 4. The van der Waals surface area contributed by atoms with Gasteiger partial charge in [0.05, 0.1) is 29.0 Å². The van der Waals surface area contributed by atoms with Crippen molar-refractivity contribution in [2.75, 3.05) is 18.1 Å². The van der Waals surface area contributed by atoms with E-state index in [9.17, 15) is 14.4 Å². The second-order valence-electron chi connectivity index (χ2n) is 5.59. The molecular weight excluding hydrogens is 310 g/mol. The summed E-state index contributed by atoms with van der Waals surface area (Å²) < 4.78 is 10.1. The second-order valence-corrected chi connectivity index (χ2v) is 5.59. The minimum absolute atomic E-state index is 0.00608. The highest BCUT2D eigenvalue weighted by molar-refractivity contribution is 6.34. The van der Waals surface area contributed by atoms with Gasteiger partial charge in [0.25, 0.3) is 11.8 Å². The van der Waals surface area contributed by atoms with E-state index in [1.54, 1.807) is 36.4 Å². The fraction of sp³-hybridized carbons (Fsp3) is 0.167. The van der Waals surface area contributed by atoms with Crippen LogP contribution >= 0.6 is 0 Å². The van der Waals surface area contributed by atoms with Gasteiger partial charge in [-0.05, 0) is 36.4 Å². The van der Waals surface area contributed by atoms with Gasteiger partial charge in [-0.15, -0.1) is 0 Å². The van der Waals surface area contributed by atoms with Crippen LogP contribution in [0.25, 0.3) is 0 Å². The zero-order chi connectivity index (χ0) is 16.7. The lowest BCUT2D eigenvalue weighted by atomic mass is 10.1. The third kappa shape index (κ3) is 2.47. The number of epoxide rings is 1. The number of imide groups is 1. The SMILES string of the molecule is O=C(OCC1CO1)c1ccc(N2C(=O)c3ccccc3C2=O)cc1. The molecule has 1 atom stereocenters. The number of nitrogens with zero attached hydrogens (tertiary/aromatic N) is 1. The first-order valence-corrected chi connectivity index (χ1v) is 7.52. The van der Waals surface area contributed by atoms with E-state index in [0.717, 1.165) is 4.90 Å². The van der Waals surface area contributed by atoms with E-state index < -0.39 is 5.97 Å². The lowest BCUT2D eigenvalue weighted by Crippen LogP contribution is -2.29. The van der Waals surface area contributed by atoms with E-state index in [1.807, 2.05) is 0 Å². The molecule has 1 fully saturated rings. The molecule has 6 heteroatoms. The molecule has 2 aromatic carbocycles. The highest BCUT2D eigenvalue weighted by Gasteiger charge is 2.36. The largest absolute Gasteiger partial charge is 0.459 e. The van der Waals surface area contributed by atoms with E-state index in [4.69, 9.17) is 9.47 Å². The number of carbonyl (C=O) groups excluding carboxylic acids is 3. The molecule has 2 amide bonds. The molecule has 0 bridgehead atoms. The van der Waals surface area contributed by atoms with E-state index >= 15 is 0 Å². The van der Waals surface area contributed by atoms with E-state index in [1.165, 1.54) is 12.1 Å². The van der Waals surface area contributed by atoms with Gasteiger partial charge in [-0.25, -0.2) is 9.69 Å². The van der Waals surface area contributed by atoms with Gasteiger partial charge < -0.3 is 9.47 Å². The first-order chi connectivity index (χ1) is 11.6. The normalized spacial score (nSPS) is 18.5. The summed E-state index contributed by atoms with van der Waals surface area (Å²) in [6, 6.07) is 12.9. The van der Waals surface area contributed by atoms with Crippen molar-refractivity contribution in [3.8, 4) is 0 Å². The molecule has 120 valence electrons. The van der Waals surface area contributed by atoms with Gasteiger partial charge in [-0.2, -0.15) is 0 Å². The maximum absolute atomic E-state index is 12.4. The molecule has 0 radical (unpaired) electrons. The Balaban J connectivity index is 1.54. The number of anilines is 1. The van der Waals surface area contributed by atoms with Crippen LogP contribution in [0.5, 0.6) is 0 Å². The van der Waals surface area contributed by atoms with Crippen LogP contribution in [0.2, 0.25) is 0 Å². The second kappa shape index (κ2) is 5.58. The quantitative estimate of drug-likeness (QED) is 0.489. The number of hydrogen-bond acceptors (Lipinski definition) is 5. The summed E-state index contributed by atoms with van der Waals surface area (Å²) in [7, 11) is 0. The summed E-state index contributed by atoms with van der Waals surface area (Å²) in [5, 5.41) is 0. The smallest absolute Gasteiger partial charge is 0.338 e. The fourth-order valence-corrected chi connectivity index (χ4v) is 2.59. The van der Waals surface area contributed by atoms with Crippen molar-refractivity contribution in [3.05, 3.63) is 65.2 Å². The summed E-state index contributed by atoms with van der Waals surface area (Å²) in [6.45, 7) is 0.852. The van der Waals surface area contributed by atoms with Gasteiger partial charge in [0.15, 0.2) is 0 Å². The van der Waals surface area contributed by atoms with Crippen LogP contribution < -0.4 is 4.90 Å². The van der Waals surface area contributed by atoms with Crippen molar-refractivity contribution in [1.82, 2.24) is 0 Å². The average molecular weight is 323 g/mol. The number of hydrogen-bond donors (Lipinski definition) is 0. The minimum atomic E-state index is -0.459. The van der Waals surface area contributed by atoms with Gasteiger partial charge in [0.1, 0.15) is 12.7 Å². The van der Waals surface area contributed by atoms with E-state index in [0.29, 0.717) is 29.0 Å². The Kier molecular flexibility index (Phi) is 3.39. The molecule has 1 saturated heterocycles. The van der Waals surface area contributed by atoms with Crippen molar-refractivity contribution in [3.63, 3.8) is 0 Å². The average Bonchev–Trinajstić information content (AvgIpc) is 3.41. The molecular formula is C18H13NO5. The third-order valence-electron chi connectivity index (χ3n) is 3.96. The molecule has 0 aromatic heterocycles. The Morgan fingerprint density at radius 3 is 2.17 bits per heavy atom. The zero-order valence-corrected chi connectivity index (χ0v) is 12.6. The Hall–Kier alpha value is -2.99. The van der Waals surface area contributed by atoms with E-state index in [2.05, 4.69) is 0 Å². The van der Waals surface area contributed by atoms with Crippen molar-refractivity contribution in [2.45, 2.75) is 6.10 Å². The van der Waals surface area contributed by atoms with Crippen LogP contribution in [0.4, 0.5) is 5.69 Å². The summed E-state index contributed by atoms with van der Waals surface area (Å²) in [4.78, 5) is 37.8. The molecule has 24 heavy (non-hydrogen) atoms. The maximum Gasteiger partial charge on any atom is 0.338 e. The summed E-state index contributed by atoms with van der Waals surface area (Å²) in [5.41, 5.74) is 1.55. The number of fused-ring (bicyclic) bond motifs is 1. The molecule has 4 rings (SSSR count). The van der Waals surface area contributed by atoms with E-state index in [-0.39, 0.29) is 24.5 Å². The maximum atomic E-state index is 12.4. The Bertz CT molecular complexity index is 804. The van der Waals surface area contributed by atoms with Gasteiger partial charge in [0, 0.05) is 0 Å². The molecule has 2 aliphatic heterocycles. The number of esters is 1. The number of benzene rings is 2. The van der Waals surface area contributed by atoms with Crippen molar-refractivity contribution in [2.24, 2.45) is 0 Å². The number of ether oxygens (including phenoxy) is 2. The molecule has 0 N–H and O–H groups in total. The predicted molar refractivity (Wildman–Crippen MR) is 84.0 cm³/mol. The van der Waals surface area contributed by atoms with Crippen LogP contribution in [0, 0.1) is 0 Å². The number of amides is 2. The minimum Gasteiger partial charge on any atom is -0.459 e. The molecule has 2 aliphatic rings. The van der Waals surface area contributed by atoms with Gasteiger partial charge >= 0.3 is 5.97 Å². The topological polar surface area (TPSA) is 76.2 Å². The lowest BCUT2D eigenvalue weighted by molar-refractivity contribution is 0.0476. The first kappa shape index (κ1) is 14.6. The van der Waals surface area contributed by atoms with Gasteiger partial charge in [0.2, 0.25) is 0 Å². The number of carbonyl (C=O) groups is 3. The third-order valence-corrected chi connectivity index (χ3v) is 3.96. The van der Waals surface area contributed by atoms with Crippen LogP contribution in [0.3, 0.4) is 0 Å². The Labute approximate surface area is 137 Å². The standard InChI is InChI=1S/C18H13NO5/c20-16-14-3-1-2-4-15(14)17(21)19(16)12-7-5-11(6-8-12)18(22)24-10-13-9-23-13/h1-8,13H,9-10H2. The summed E-state index contributed by atoms with van der Waals surface area (Å²) in [5.74, 6) is -1.19. The van der Waals surface area contributed by atoms with Crippen LogP contribution in [-0.4, -0.2) is 37.1 Å². The molecule has 0 spiro atoms. The van der Waals surface area contributed by atoms with Crippen LogP contribution in [-0.2, 0) is 9.47 Å². The monoisotopic (exact) mass is 323 g/mol. The van der Waals surface area contributed by atoms with Crippen LogP contribution in [0.15, 0.2) is 48.5 Å². The highest BCUT2D eigenvalue weighted by Crippen LogP contribution is 2.28. The van der Waals surface area contributed by atoms with Gasteiger partial charge in [-0.3, -0.25) is 9.59 Å². The molecule has 6 nitrogen and oxygen atoms in total. The lowest BCUT2D eigenvalue weighted by Gasteiger charge is -2.14. The van der Waals surface area contributed by atoms with Gasteiger partial charge in [-0.1, -0.05) is 12.1 Å². The molecule has 0 aliphatic carbocycles. The predicted octanol–water partition coefficient (Wildman–Crippen LogP) is 2.04. The fourth-order valence-electron chi connectivity index (χ4n) is 2.59. The molecule has 2 heterocycles. The zero-order valence-electron chi connectivity index (χ0n) is 12.6. The van der Waals surface area contributed by atoms with Crippen molar-refractivity contribution >= 4 is 23.5 Å².